The summed E-state index contributed by atoms with van der Waals surface area (Å²) in [5.74, 6) is -0.206. The maximum atomic E-state index is 14.9. The van der Waals surface area contributed by atoms with Crippen molar-refractivity contribution in [3.05, 3.63) is 62.9 Å². The maximum absolute atomic E-state index is 14.9. The Kier molecular flexibility index (Phi) is 7.43. The molecule has 0 saturated heterocycles. The number of aryl methyl sites for hydroxylation is 1. The van der Waals surface area contributed by atoms with Gasteiger partial charge in [0.1, 0.15) is 22.4 Å². The predicted octanol–water partition coefficient (Wildman–Crippen LogP) is 5.13. The predicted molar refractivity (Wildman–Crippen MR) is 146 cm³/mol. The highest BCUT2D eigenvalue weighted by Gasteiger charge is 2.26. The van der Waals surface area contributed by atoms with E-state index in [1.807, 2.05) is 20.8 Å². The van der Waals surface area contributed by atoms with Crippen LogP contribution in [0.3, 0.4) is 0 Å². The van der Waals surface area contributed by atoms with Crippen molar-refractivity contribution in [2.45, 2.75) is 39.7 Å². The molecule has 2 amide bonds. The van der Waals surface area contributed by atoms with Crippen LogP contribution in [0.1, 0.15) is 32.0 Å². The number of benzene rings is 1. The first-order chi connectivity index (χ1) is 17.9. The fraction of sp³-hybridized carbons (Fsp3) is 0.308. The molecule has 0 aliphatic heterocycles. The molecule has 3 heterocycles. The van der Waals surface area contributed by atoms with Crippen molar-refractivity contribution in [3.8, 4) is 11.1 Å². The van der Waals surface area contributed by atoms with Crippen molar-refractivity contribution in [2.24, 2.45) is 0 Å². The van der Waals surface area contributed by atoms with E-state index >= 15 is 0 Å². The van der Waals surface area contributed by atoms with Crippen molar-refractivity contribution < 1.29 is 18.8 Å². The van der Waals surface area contributed by atoms with Crippen LogP contribution in [0.15, 0.2) is 39.8 Å². The number of nitrogens with one attached hydrogen (secondary N) is 3. The number of rotatable bonds is 6. The van der Waals surface area contributed by atoms with E-state index in [2.05, 4.69) is 26.1 Å². The number of carbonyl (C=O) groups is 1. The fourth-order valence-corrected chi connectivity index (χ4v) is 4.46. The number of carbonyl (C=O) groups excluding carboxylic acids is 1. The Hall–Kier alpha value is -3.96. The summed E-state index contributed by atoms with van der Waals surface area (Å²) in [7, 11) is 1.71. The topological polar surface area (TPSA) is 134 Å². The minimum Gasteiger partial charge on any atom is -0.395 e. The highest BCUT2D eigenvalue weighted by atomic mass is 35.5. The van der Waals surface area contributed by atoms with Crippen molar-refractivity contribution >= 4 is 45.9 Å². The zero-order valence-corrected chi connectivity index (χ0v) is 22.3. The van der Waals surface area contributed by atoms with Gasteiger partial charge in [-0.15, -0.1) is 0 Å². The molecule has 0 bridgehead atoms. The average Bonchev–Trinajstić information content (AvgIpc) is 3.22. The second kappa shape index (κ2) is 10.4. The van der Waals surface area contributed by atoms with Gasteiger partial charge in [0, 0.05) is 42.2 Å². The zero-order valence-electron chi connectivity index (χ0n) is 21.6. The summed E-state index contributed by atoms with van der Waals surface area (Å²) < 4.78 is 21.5. The average molecular weight is 543 g/mol. The summed E-state index contributed by atoms with van der Waals surface area (Å²) in [4.78, 5) is 30.5. The first-order valence-electron chi connectivity index (χ1n) is 11.8. The lowest BCUT2D eigenvalue weighted by molar-refractivity contribution is 0.261. The van der Waals surface area contributed by atoms with Crippen molar-refractivity contribution in [2.75, 3.05) is 29.6 Å². The highest BCUT2D eigenvalue weighted by molar-refractivity contribution is 6.34. The lowest BCUT2D eigenvalue weighted by Crippen LogP contribution is -2.24. The summed E-state index contributed by atoms with van der Waals surface area (Å²) >= 11 is 6.30. The molecule has 4 N–H and O–H groups in total. The third kappa shape index (κ3) is 5.20. The number of aliphatic hydroxyl groups is 1. The lowest BCUT2D eigenvalue weighted by atomic mass is 9.92. The Balaban J connectivity index is 1.72. The van der Waals surface area contributed by atoms with E-state index in [4.69, 9.17) is 16.1 Å². The second-order valence-corrected chi connectivity index (χ2v) is 10.1. The summed E-state index contributed by atoms with van der Waals surface area (Å²) in [6.07, 6.45) is 1.61. The summed E-state index contributed by atoms with van der Waals surface area (Å²) in [6, 6.07) is 5.17. The molecule has 0 spiro atoms. The van der Waals surface area contributed by atoms with Gasteiger partial charge in [0.05, 0.1) is 17.8 Å². The molecule has 4 aromatic rings. The minimum atomic E-state index is -0.808. The summed E-state index contributed by atoms with van der Waals surface area (Å²) in [5, 5.41) is 22.1. The number of pyridine rings is 2. The fourth-order valence-electron chi connectivity index (χ4n) is 4.06. The molecule has 4 rings (SSSR count). The standard InChI is InChI=1S/C26H28ClFN6O4/c1-13-8-17(28)18(31-25(37)32-23-21(27)22(33-38-23)26(2,3)4)10-15(13)16-9-14-12-30-20(29-5)11-19(14)34(6-7-35)24(16)36/h8-12,35H,6-7H2,1-5H3,(H,29,30)(H2,31,32,37). The van der Waals surface area contributed by atoms with Gasteiger partial charge in [0.15, 0.2) is 0 Å². The number of halogens is 2. The number of urea groups is 1. The number of amides is 2. The largest absolute Gasteiger partial charge is 0.395 e. The van der Waals surface area contributed by atoms with Gasteiger partial charge in [0.2, 0.25) is 0 Å². The van der Waals surface area contributed by atoms with Crippen LogP contribution >= 0.6 is 11.6 Å². The van der Waals surface area contributed by atoms with Crippen LogP contribution in [0.4, 0.5) is 26.6 Å². The molecule has 3 aromatic heterocycles. The smallest absolute Gasteiger partial charge is 0.326 e. The first kappa shape index (κ1) is 27.1. The Morgan fingerprint density at radius 3 is 2.55 bits per heavy atom. The van der Waals surface area contributed by atoms with Gasteiger partial charge in [-0.2, -0.15) is 0 Å². The molecule has 0 atom stereocenters. The molecular weight excluding hydrogens is 515 g/mol. The molecule has 200 valence electrons. The van der Waals surface area contributed by atoms with E-state index in [1.54, 1.807) is 32.3 Å². The van der Waals surface area contributed by atoms with Gasteiger partial charge in [0.25, 0.3) is 11.4 Å². The van der Waals surface area contributed by atoms with E-state index < -0.39 is 17.3 Å². The third-order valence-electron chi connectivity index (χ3n) is 5.98. The monoisotopic (exact) mass is 542 g/mol. The normalized spacial score (nSPS) is 11.6. The summed E-state index contributed by atoms with van der Waals surface area (Å²) in [6.45, 7) is 7.13. The van der Waals surface area contributed by atoms with E-state index in [0.717, 1.165) is 0 Å². The molecule has 0 saturated carbocycles. The molecule has 0 aliphatic carbocycles. The zero-order chi connectivity index (χ0) is 27.8. The van der Waals surface area contributed by atoms with E-state index in [-0.39, 0.29) is 40.9 Å². The van der Waals surface area contributed by atoms with Crippen molar-refractivity contribution in [3.63, 3.8) is 0 Å². The molecule has 12 heteroatoms. The number of hydrogen-bond acceptors (Lipinski definition) is 7. The number of anilines is 3. The van der Waals surface area contributed by atoms with Gasteiger partial charge < -0.3 is 24.8 Å². The molecule has 0 aliphatic rings. The highest BCUT2D eigenvalue weighted by Crippen LogP contribution is 2.34. The van der Waals surface area contributed by atoms with E-state index in [1.165, 1.54) is 16.7 Å². The molecule has 0 unspecified atom stereocenters. The Labute approximate surface area is 222 Å². The molecule has 1 aromatic carbocycles. The number of aromatic nitrogens is 3. The summed E-state index contributed by atoms with van der Waals surface area (Å²) in [5.41, 5.74) is 1.24. The number of hydrogen-bond donors (Lipinski definition) is 4. The van der Waals surface area contributed by atoms with Crippen LogP contribution in [-0.2, 0) is 12.0 Å². The van der Waals surface area contributed by atoms with Gasteiger partial charge in [-0.05, 0) is 36.2 Å². The van der Waals surface area contributed by atoms with Crippen molar-refractivity contribution in [1.82, 2.24) is 14.7 Å². The minimum absolute atomic E-state index is 0.0542. The second-order valence-electron chi connectivity index (χ2n) is 9.77. The molecule has 0 radical (unpaired) electrons. The van der Waals surface area contributed by atoms with E-state index in [9.17, 15) is 19.1 Å². The molecule has 38 heavy (non-hydrogen) atoms. The number of nitrogens with zero attached hydrogens (tertiary/aromatic N) is 3. The molecular formula is C26H28ClFN6O4. The quantitative estimate of drug-likeness (QED) is 0.265. The third-order valence-corrected chi connectivity index (χ3v) is 6.33. The van der Waals surface area contributed by atoms with Crippen molar-refractivity contribution in [1.29, 1.82) is 0 Å². The SMILES string of the molecule is CNc1cc2c(cn1)cc(-c1cc(NC(=O)Nc3onc(C(C)(C)C)c3Cl)c(F)cc1C)c(=O)n2CCO. The van der Waals surface area contributed by atoms with Crippen LogP contribution in [0, 0.1) is 12.7 Å². The van der Waals surface area contributed by atoms with Crippen LogP contribution in [0.2, 0.25) is 5.02 Å². The Morgan fingerprint density at radius 2 is 1.92 bits per heavy atom. The molecule has 10 nitrogen and oxygen atoms in total. The Morgan fingerprint density at radius 1 is 1.18 bits per heavy atom. The van der Waals surface area contributed by atoms with Crippen LogP contribution in [-0.4, -0.2) is 39.5 Å². The van der Waals surface area contributed by atoms with Crippen LogP contribution in [0.5, 0.6) is 0 Å². The van der Waals surface area contributed by atoms with Gasteiger partial charge in [-0.3, -0.25) is 10.1 Å². The van der Waals surface area contributed by atoms with Gasteiger partial charge in [-0.25, -0.2) is 14.2 Å². The van der Waals surface area contributed by atoms with Crippen LogP contribution < -0.4 is 21.5 Å². The van der Waals surface area contributed by atoms with Gasteiger partial charge in [-0.1, -0.05) is 37.5 Å². The van der Waals surface area contributed by atoms with E-state index in [0.29, 0.717) is 33.5 Å². The maximum Gasteiger partial charge on any atom is 0.326 e. The number of aliphatic hydroxyl groups excluding tert-OH is 1. The van der Waals surface area contributed by atoms with Gasteiger partial charge >= 0.3 is 6.03 Å². The Bertz CT molecular complexity index is 1590. The van der Waals surface area contributed by atoms with Crippen LogP contribution in [0.25, 0.3) is 22.0 Å². The molecule has 0 fully saturated rings. The number of fused-ring (bicyclic) bond motifs is 1. The first-order valence-corrected chi connectivity index (χ1v) is 12.2. The lowest BCUT2D eigenvalue weighted by Gasteiger charge is -2.16.